The lowest BCUT2D eigenvalue weighted by molar-refractivity contribution is 0.282. The first-order chi connectivity index (χ1) is 9.29. The SMILES string of the molecule is CCCn1nccc1CNCC(C)CN1CCCC1. The summed E-state index contributed by atoms with van der Waals surface area (Å²) >= 11 is 0. The molecule has 19 heavy (non-hydrogen) atoms. The van der Waals surface area contributed by atoms with Gasteiger partial charge in [0.15, 0.2) is 0 Å². The number of likely N-dealkylation sites (tertiary alicyclic amines) is 1. The minimum Gasteiger partial charge on any atom is -0.311 e. The van der Waals surface area contributed by atoms with Crippen LogP contribution in [-0.4, -0.2) is 40.9 Å². The van der Waals surface area contributed by atoms with Gasteiger partial charge in [-0.15, -0.1) is 0 Å². The van der Waals surface area contributed by atoms with E-state index in [4.69, 9.17) is 0 Å². The molecule has 0 spiro atoms. The lowest BCUT2D eigenvalue weighted by Crippen LogP contribution is -2.31. The molecule has 1 unspecified atom stereocenters. The van der Waals surface area contributed by atoms with Gasteiger partial charge >= 0.3 is 0 Å². The molecule has 108 valence electrons. The molecule has 1 fully saturated rings. The average molecular weight is 264 g/mol. The summed E-state index contributed by atoms with van der Waals surface area (Å²) < 4.78 is 2.11. The van der Waals surface area contributed by atoms with Crippen LogP contribution in [0.2, 0.25) is 0 Å². The highest BCUT2D eigenvalue weighted by atomic mass is 15.3. The third-order valence-corrected chi connectivity index (χ3v) is 3.81. The highest BCUT2D eigenvalue weighted by Crippen LogP contribution is 2.10. The zero-order chi connectivity index (χ0) is 13.5. The second-order valence-corrected chi connectivity index (χ2v) is 5.79. The first-order valence-electron chi connectivity index (χ1n) is 7.73. The van der Waals surface area contributed by atoms with E-state index in [1.54, 1.807) is 0 Å². The Balaban J connectivity index is 1.66. The van der Waals surface area contributed by atoms with Crippen molar-refractivity contribution in [1.29, 1.82) is 0 Å². The molecule has 4 heteroatoms. The third-order valence-electron chi connectivity index (χ3n) is 3.81. The summed E-state index contributed by atoms with van der Waals surface area (Å²) in [7, 11) is 0. The van der Waals surface area contributed by atoms with E-state index in [1.807, 2.05) is 6.20 Å². The Kier molecular flexibility index (Phi) is 5.86. The Hall–Kier alpha value is -0.870. The maximum Gasteiger partial charge on any atom is 0.0522 e. The van der Waals surface area contributed by atoms with E-state index in [0.717, 1.165) is 32.0 Å². The number of rotatable bonds is 8. The molecule has 1 aromatic rings. The lowest BCUT2D eigenvalue weighted by atomic mass is 10.1. The predicted octanol–water partition coefficient (Wildman–Crippen LogP) is 2.11. The normalized spacial score (nSPS) is 18.0. The number of hydrogen-bond donors (Lipinski definition) is 1. The summed E-state index contributed by atoms with van der Waals surface area (Å²) in [4.78, 5) is 2.59. The molecule has 2 rings (SSSR count). The molecular formula is C15H28N4. The number of hydrogen-bond acceptors (Lipinski definition) is 3. The maximum absolute atomic E-state index is 4.36. The van der Waals surface area contributed by atoms with E-state index in [9.17, 15) is 0 Å². The molecule has 1 aliphatic rings. The van der Waals surface area contributed by atoms with Crippen LogP contribution in [0, 0.1) is 5.92 Å². The molecule has 0 bridgehead atoms. The molecule has 2 heterocycles. The summed E-state index contributed by atoms with van der Waals surface area (Å²) in [5.74, 6) is 0.723. The van der Waals surface area contributed by atoms with Crippen LogP contribution in [0.25, 0.3) is 0 Å². The number of aryl methyl sites for hydroxylation is 1. The van der Waals surface area contributed by atoms with Gasteiger partial charge in [0, 0.05) is 25.8 Å². The van der Waals surface area contributed by atoms with Gasteiger partial charge < -0.3 is 10.2 Å². The van der Waals surface area contributed by atoms with Gasteiger partial charge in [0.2, 0.25) is 0 Å². The lowest BCUT2D eigenvalue weighted by Gasteiger charge is -2.20. The minimum absolute atomic E-state index is 0.723. The number of nitrogens with zero attached hydrogens (tertiary/aromatic N) is 3. The predicted molar refractivity (Wildman–Crippen MR) is 79.1 cm³/mol. The highest BCUT2D eigenvalue weighted by Gasteiger charge is 2.14. The Bertz CT molecular complexity index is 355. The quantitative estimate of drug-likeness (QED) is 0.781. The van der Waals surface area contributed by atoms with E-state index in [1.165, 1.54) is 38.2 Å². The van der Waals surface area contributed by atoms with E-state index in [2.05, 4.69) is 39.9 Å². The first kappa shape index (κ1) is 14.5. The first-order valence-corrected chi connectivity index (χ1v) is 7.73. The van der Waals surface area contributed by atoms with Crippen molar-refractivity contribution in [1.82, 2.24) is 20.0 Å². The van der Waals surface area contributed by atoms with Crippen LogP contribution in [0.4, 0.5) is 0 Å². The fourth-order valence-corrected chi connectivity index (χ4v) is 2.84. The molecule has 1 saturated heterocycles. The van der Waals surface area contributed by atoms with Crippen LogP contribution in [0.5, 0.6) is 0 Å². The van der Waals surface area contributed by atoms with Crippen molar-refractivity contribution in [3.8, 4) is 0 Å². The standard InChI is InChI=1S/C15H28N4/c1-3-8-19-15(6-7-17-19)12-16-11-14(2)13-18-9-4-5-10-18/h6-7,14,16H,3-5,8-13H2,1-2H3. The van der Waals surface area contributed by atoms with E-state index >= 15 is 0 Å². The van der Waals surface area contributed by atoms with E-state index in [-0.39, 0.29) is 0 Å². The molecule has 1 N–H and O–H groups in total. The Morgan fingerprint density at radius 1 is 1.37 bits per heavy atom. The largest absolute Gasteiger partial charge is 0.311 e. The van der Waals surface area contributed by atoms with Crippen molar-refractivity contribution in [2.75, 3.05) is 26.2 Å². The van der Waals surface area contributed by atoms with Gasteiger partial charge in [0.05, 0.1) is 5.69 Å². The fourth-order valence-electron chi connectivity index (χ4n) is 2.84. The van der Waals surface area contributed by atoms with Gasteiger partial charge in [-0.25, -0.2) is 0 Å². The second-order valence-electron chi connectivity index (χ2n) is 5.79. The van der Waals surface area contributed by atoms with E-state index < -0.39 is 0 Å². The van der Waals surface area contributed by atoms with Gasteiger partial charge in [-0.05, 0) is 50.9 Å². The monoisotopic (exact) mass is 264 g/mol. The van der Waals surface area contributed by atoms with Crippen LogP contribution in [0.15, 0.2) is 12.3 Å². The van der Waals surface area contributed by atoms with Crippen molar-refractivity contribution in [2.24, 2.45) is 5.92 Å². The molecular weight excluding hydrogens is 236 g/mol. The topological polar surface area (TPSA) is 33.1 Å². The van der Waals surface area contributed by atoms with Crippen LogP contribution in [0.1, 0.15) is 38.8 Å². The van der Waals surface area contributed by atoms with Crippen molar-refractivity contribution in [3.63, 3.8) is 0 Å². The van der Waals surface area contributed by atoms with Crippen LogP contribution in [-0.2, 0) is 13.1 Å². The zero-order valence-electron chi connectivity index (χ0n) is 12.4. The second kappa shape index (κ2) is 7.65. The van der Waals surface area contributed by atoms with Crippen molar-refractivity contribution < 1.29 is 0 Å². The smallest absolute Gasteiger partial charge is 0.0522 e. The third kappa shape index (κ3) is 4.62. The van der Waals surface area contributed by atoms with Crippen LogP contribution in [0.3, 0.4) is 0 Å². The van der Waals surface area contributed by atoms with Crippen LogP contribution >= 0.6 is 0 Å². The summed E-state index contributed by atoms with van der Waals surface area (Å²) in [6.07, 6.45) is 5.81. The molecule has 1 aromatic heterocycles. The summed E-state index contributed by atoms with van der Waals surface area (Å²) in [5.41, 5.74) is 1.30. The molecule has 0 saturated carbocycles. The highest BCUT2D eigenvalue weighted by molar-refractivity contribution is 4.99. The van der Waals surface area contributed by atoms with Gasteiger partial charge in [-0.2, -0.15) is 5.10 Å². The molecule has 0 amide bonds. The Morgan fingerprint density at radius 3 is 2.89 bits per heavy atom. The molecule has 0 radical (unpaired) electrons. The van der Waals surface area contributed by atoms with Gasteiger partial charge in [-0.1, -0.05) is 13.8 Å². The number of nitrogens with one attached hydrogen (secondary N) is 1. The van der Waals surface area contributed by atoms with Gasteiger partial charge in [0.25, 0.3) is 0 Å². The van der Waals surface area contributed by atoms with Gasteiger partial charge in [-0.3, -0.25) is 4.68 Å². The Morgan fingerprint density at radius 2 is 2.16 bits per heavy atom. The summed E-state index contributed by atoms with van der Waals surface area (Å²) in [6.45, 7) is 11.4. The van der Waals surface area contributed by atoms with Crippen LogP contribution < -0.4 is 5.32 Å². The van der Waals surface area contributed by atoms with Crippen molar-refractivity contribution >= 4 is 0 Å². The van der Waals surface area contributed by atoms with E-state index in [0.29, 0.717) is 0 Å². The average Bonchev–Trinajstić information content (AvgIpc) is 3.02. The Labute approximate surface area is 117 Å². The fraction of sp³-hybridized carbons (Fsp3) is 0.800. The van der Waals surface area contributed by atoms with Gasteiger partial charge in [0.1, 0.15) is 0 Å². The number of aromatic nitrogens is 2. The molecule has 0 aliphatic carbocycles. The van der Waals surface area contributed by atoms with Crippen molar-refractivity contribution in [2.45, 2.75) is 46.2 Å². The zero-order valence-corrected chi connectivity index (χ0v) is 12.4. The maximum atomic E-state index is 4.36. The summed E-state index contributed by atoms with van der Waals surface area (Å²) in [6, 6.07) is 2.12. The molecule has 1 aliphatic heterocycles. The van der Waals surface area contributed by atoms with Crippen molar-refractivity contribution in [3.05, 3.63) is 18.0 Å². The molecule has 4 nitrogen and oxygen atoms in total. The minimum atomic E-state index is 0.723. The molecule has 0 aromatic carbocycles. The molecule has 1 atom stereocenters. The summed E-state index contributed by atoms with van der Waals surface area (Å²) in [5, 5.41) is 7.93.